The molecule has 0 aliphatic heterocycles. The topological polar surface area (TPSA) is 22.8 Å². The number of pyridine rings is 1. The Bertz CT molecular complexity index is 3090. The van der Waals surface area contributed by atoms with E-state index in [4.69, 9.17) is 4.98 Å². The molecule has 0 atom stereocenters. The first kappa shape index (κ1) is 26.8. The zero-order chi connectivity index (χ0) is 32.1. The molecule has 0 bridgehead atoms. The second kappa shape index (κ2) is 10.1. The van der Waals surface area contributed by atoms with Crippen molar-refractivity contribution < 1.29 is 0 Å². The van der Waals surface area contributed by atoms with Crippen molar-refractivity contribution in [1.29, 1.82) is 0 Å². The molecule has 0 aliphatic rings. The Kier molecular flexibility index (Phi) is 5.54. The van der Waals surface area contributed by atoms with E-state index in [9.17, 15) is 0 Å². The third-order valence-electron chi connectivity index (χ3n) is 10.1. The fraction of sp³-hybridized carbons (Fsp3) is 0. The minimum Gasteiger partial charge on any atom is -0.309 e. The highest BCUT2D eigenvalue weighted by Gasteiger charge is 2.22. The maximum absolute atomic E-state index is 5.33. The quantitative estimate of drug-likeness (QED) is 0.188. The molecule has 4 aromatic heterocycles. The van der Waals surface area contributed by atoms with E-state index in [1.165, 1.54) is 63.9 Å². The third kappa shape index (κ3) is 3.80. The summed E-state index contributed by atoms with van der Waals surface area (Å²) in [6.07, 6.45) is 0. The Morgan fingerprint density at radius 2 is 1.12 bits per heavy atom. The van der Waals surface area contributed by atoms with Gasteiger partial charge in [-0.05, 0) is 65.7 Å². The summed E-state index contributed by atoms with van der Waals surface area (Å²) in [5.74, 6) is 0.914. The van der Waals surface area contributed by atoms with Gasteiger partial charge in [0, 0.05) is 52.8 Å². The lowest BCUT2D eigenvalue weighted by atomic mass is 10.0. The van der Waals surface area contributed by atoms with Gasteiger partial charge in [-0.15, -0.1) is 11.3 Å². The zero-order valence-corrected chi connectivity index (χ0v) is 27.2. The van der Waals surface area contributed by atoms with Gasteiger partial charge in [0.1, 0.15) is 5.82 Å². The Morgan fingerprint density at radius 3 is 1.98 bits per heavy atom. The third-order valence-corrected chi connectivity index (χ3v) is 11.3. The molecule has 4 heterocycles. The predicted molar refractivity (Wildman–Crippen MR) is 209 cm³/mol. The van der Waals surface area contributed by atoms with Crippen LogP contribution in [0.5, 0.6) is 0 Å². The molecule has 7 aromatic carbocycles. The molecule has 11 aromatic rings. The maximum Gasteiger partial charge on any atom is 0.138 e. The molecule has 0 aliphatic carbocycles. The van der Waals surface area contributed by atoms with Crippen LogP contribution in [0.3, 0.4) is 0 Å². The predicted octanol–water partition coefficient (Wildman–Crippen LogP) is 12.5. The summed E-state index contributed by atoms with van der Waals surface area (Å²) in [6, 6.07) is 59.2. The van der Waals surface area contributed by atoms with E-state index in [0.717, 1.165) is 33.4 Å². The molecular formula is C45H27N3S. The van der Waals surface area contributed by atoms with E-state index >= 15 is 0 Å². The van der Waals surface area contributed by atoms with Crippen molar-refractivity contribution in [2.75, 3.05) is 0 Å². The summed E-state index contributed by atoms with van der Waals surface area (Å²) in [7, 11) is 0. The van der Waals surface area contributed by atoms with Crippen LogP contribution in [0.25, 0.3) is 97.3 Å². The lowest BCUT2D eigenvalue weighted by Gasteiger charge is -2.13. The highest BCUT2D eigenvalue weighted by molar-refractivity contribution is 7.26. The van der Waals surface area contributed by atoms with Crippen LogP contribution in [0.15, 0.2) is 164 Å². The molecule has 0 N–H and O–H groups in total. The molecule has 0 spiro atoms. The van der Waals surface area contributed by atoms with Gasteiger partial charge in [-0.3, -0.25) is 4.57 Å². The molecule has 3 nitrogen and oxygen atoms in total. The van der Waals surface area contributed by atoms with Crippen molar-refractivity contribution in [3.63, 3.8) is 0 Å². The van der Waals surface area contributed by atoms with E-state index in [-0.39, 0.29) is 0 Å². The normalized spacial score (nSPS) is 12.1. The van der Waals surface area contributed by atoms with E-state index in [1.54, 1.807) is 0 Å². The maximum atomic E-state index is 5.33. The fourth-order valence-corrected chi connectivity index (χ4v) is 9.24. The van der Waals surface area contributed by atoms with Gasteiger partial charge in [0.25, 0.3) is 0 Å². The first-order chi connectivity index (χ1) is 24.3. The average molecular weight is 642 g/mol. The van der Waals surface area contributed by atoms with Crippen LogP contribution in [0.2, 0.25) is 0 Å². The molecule has 0 saturated carbocycles. The molecule has 0 radical (unpaired) electrons. The molecule has 0 amide bonds. The molecule has 0 fully saturated rings. The first-order valence-corrected chi connectivity index (χ1v) is 17.5. The summed E-state index contributed by atoms with van der Waals surface area (Å²) < 4.78 is 7.47. The summed E-state index contributed by atoms with van der Waals surface area (Å²) >= 11 is 1.90. The van der Waals surface area contributed by atoms with Gasteiger partial charge in [0.05, 0.1) is 27.6 Å². The van der Waals surface area contributed by atoms with E-state index in [2.05, 4.69) is 173 Å². The van der Waals surface area contributed by atoms with E-state index in [0.29, 0.717) is 0 Å². The number of hydrogen-bond donors (Lipinski definition) is 0. The highest BCUT2D eigenvalue weighted by atomic mass is 32.1. The van der Waals surface area contributed by atoms with Crippen LogP contribution < -0.4 is 0 Å². The van der Waals surface area contributed by atoms with Gasteiger partial charge in [-0.2, -0.15) is 0 Å². The number of rotatable bonds is 3. The van der Waals surface area contributed by atoms with Gasteiger partial charge in [0.2, 0.25) is 0 Å². The molecular weight excluding hydrogens is 615 g/mol. The summed E-state index contributed by atoms with van der Waals surface area (Å²) in [4.78, 5) is 5.33. The fourth-order valence-electron chi connectivity index (χ4n) is 7.98. The minimum absolute atomic E-state index is 0.914. The molecule has 11 rings (SSSR count). The number of thiophene rings is 1. The van der Waals surface area contributed by atoms with Crippen molar-refractivity contribution in [3.8, 4) is 22.6 Å². The minimum atomic E-state index is 0.914. The van der Waals surface area contributed by atoms with Crippen molar-refractivity contribution in [3.05, 3.63) is 164 Å². The second-order valence-electron chi connectivity index (χ2n) is 12.8. The van der Waals surface area contributed by atoms with Gasteiger partial charge >= 0.3 is 0 Å². The number of fused-ring (bicyclic) bond motifs is 11. The average Bonchev–Trinajstić information content (AvgIpc) is 3.81. The largest absolute Gasteiger partial charge is 0.309 e. The van der Waals surface area contributed by atoms with Gasteiger partial charge in [-0.1, -0.05) is 109 Å². The van der Waals surface area contributed by atoms with Crippen LogP contribution >= 0.6 is 11.3 Å². The van der Waals surface area contributed by atoms with Crippen LogP contribution in [0.4, 0.5) is 0 Å². The Labute approximate surface area is 285 Å². The lowest BCUT2D eigenvalue weighted by molar-refractivity contribution is 1.10. The molecule has 49 heavy (non-hydrogen) atoms. The van der Waals surface area contributed by atoms with E-state index < -0.39 is 0 Å². The van der Waals surface area contributed by atoms with Gasteiger partial charge in [0.15, 0.2) is 0 Å². The smallest absolute Gasteiger partial charge is 0.138 e. The summed E-state index contributed by atoms with van der Waals surface area (Å²) in [5.41, 5.74) is 9.20. The molecule has 4 heteroatoms. The summed E-state index contributed by atoms with van der Waals surface area (Å²) in [6.45, 7) is 0. The summed E-state index contributed by atoms with van der Waals surface area (Å²) in [5, 5.41) is 8.81. The van der Waals surface area contributed by atoms with Crippen molar-refractivity contribution in [1.82, 2.24) is 14.1 Å². The molecule has 0 saturated heterocycles. The Hall–Kier alpha value is -6.23. The molecule has 0 unspecified atom stereocenters. The first-order valence-electron chi connectivity index (χ1n) is 16.6. The van der Waals surface area contributed by atoms with Gasteiger partial charge < -0.3 is 4.57 Å². The lowest BCUT2D eigenvalue weighted by Crippen LogP contribution is -1.99. The van der Waals surface area contributed by atoms with Crippen molar-refractivity contribution in [2.45, 2.75) is 0 Å². The molecule has 228 valence electrons. The van der Waals surface area contributed by atoms with Crippen molar-refractivity contribution in [2.24, 2.45) is 0 Å². The van der Waals surface area contributed by atoms with Crippen molar-refractivity contribution >= 4 is 86.0 Å². The number of aromatic nitrogens is 3. The number of nitrogens with zero attached hydrogens (tertiary/aromatic N) is 3. The van der Waals surface area contributed by atoms with Crippen LogP contribution in [0.1, 0.15) is 0 Å². The Morgan fingerprint density at radius 1 is 0.429 bits per heavy atom. The standard InChI is InChI=1S/C45H27N3S/c1-3-13-28(14-4-1)34-26-43(46-37-20-10-7-17-30(34)37)48-38-21-11-8-18-31(38)35-25-36-41(27-40(35)48)47(29-15-5-2-6-16-29)39-24-23-33-32-19-9-12-22-42(32)49-45(33)44(36)39/h1-27H. The number of benzene rings is 7. The number of hydrogen-bond acceptors (Lipinski definition) is 2. The highest BCUT2D eigenvalue weighted by Crippen LogP contribution is 2.45. The SMILES string of the molecule is c1ccc(-c2cc(-n3c4ccccc4c4cc5c6c7sc8ccccc8c7ccc6n(-c6ccccc6)c5cc43)nc3ccccc23)cc1. The van der Waals surface area contributed by atoms with E-state index in [1.807, 2.05) is 11.3 Å². The Balaban J connectivity index is 1.31. The van der Waals surface area contributed by atoms with Crippen LogP contribution in [-0.4, -0.2) is 14.1 Å². The van der Waals surface area contributed by atoms with Gasteiger partial charge in [-0.25, -0.2) is 4.98 Å². The van der Waals surface area contributed by atoms with Crippen LogP contribution in [-0.2, 0) is 0 Å². The monoisotopic (exact) mass is 641 g/mol. The van der Waals surface area contributed by atoms with Crippen LogP contribution in [0, 0.1) is 0 Å². The second-order valence-corrected chi connectivity index (χ2v) is 13.8. The zero-order valence-electron chi connectivity index (χ0n) is 26.3. The number of para-hydroxylation sites is 3.